The van der Waals surface area contributed by atoms with Gasteiger partial charge in [0.05, 0.1) is 0 Å². The summed E-state index contributed by atoms with van der Waals surface area (Å²) >= 11 is 6.05. The number of hydrogen-bond donors (Lipinski definition) is 2. The second-order valence-electron chi connectivity index (χ2n) is 6.45. The van der Waals surface area contributed by atoms with E-state index < -0.39 is 0 Å². The van der Waals surface area contributed by atoms with Crippen LogP contribution in [0.25, 0.3) is 0 Å². The van der Waals surface area contributed by atoms with E-state index in [-0.39, 0.29) is 17.9 Å². The topological polar surface area (TPSA) is 58.4 Å². The van der Waals surface area contributed by atoms with Gasteiger partial charge in [0.1, 0.15) is 0 Å². The van der Waals surface area contributed by atoms with Crippen LogP contribution >= 0.6 is 11.6 Å². The second-order valence-corrected chi connectivity index (χ2v) is 6.89. The first-order valence-electron chi connectivity index (χ1n) is 8.18. The SMILES string of the molecule is NC[C@H]1CCC[C@H]1C(=O)NC1CCN(c2cccc(Cl)c2)C1. The van der Waals surface area contributed by atoms with Crippen LogP contribution in [0.5, 0.6) is 0 Å². The summed E-state index contributed by atoms with van der Waals surface area (Å²) < 4.78 is 0. The molecule has 1 aliphatic heterocycles. The molecule has 0 bridgehead atoms. The normalized spacial score (nSPS) is 28.1. The lowest BCUT2D eigenvalue weighted by atomic mass is 9.95. The molecule has 2 fully saturated rings. The maximum Gasteiger partial charge on any atom is 0.223 e. The molecule has 0 spiro atoms. The highest BCUT2D eigenvalue weighted by molar-refractivity contribution is 6.30. The van der Waals surface area contributed by atoms with Gasteiger partial charge in [0.2, 0.25) is 5.91 Å². The zero-order valence-corrected chi connectivity index (χ0v) is 13.6. The van der Waals surface area contributed by atoms with Gasteiger partial charge in [0.25, 0.3) is 0 Å². The highest BCUT2D eigenvalue weighted by Gasteiger charge is 2.34. The Hall–Kier alpha value is -1.26. The Kier molecular flexibility index (Phi) is 4.89. The van der Waals surface area contributed by atoms with Crippen molar-refractivity contribution < 1.29 is 4.79 Å². The number of rotatable bonds is 4. The van der Waals surface area contributed by atoms with Crippen LogP contribution in [0, 0.1) is 11.8 Å². The fourth-order valence-electron chi connectivity index (χ4n) is 3.76. The minimum Gasteiger partial charge on any atom is -0.369 e. The number of nitrogens with zero attached hydrogens (tertiary/aromatic N) is 1. The molecule has 3 rings (SSSR count). The van der Waals surface area contributed by atoms with Crippen LogP contribution in [0.2, 0.25) is 5.02 Å². The Morgan fingerprint density at radius 3 is 3.00 bits per heavy atom. The third kappa shape index (κ3) is 3.39. The molecule has 0 radical (unpaired) electrons. The van der Waals surface area contributed by atoms with Crippen LogP contribution in [-0.4, -0.2) is 31.6 Å². The fourth-order valence-corrected chi connectivity index (χ4v) is 3.94. The van der Waals surface area contributed by atoms with Crippen LogP contribution in [0.4, 0.5) is 5.69 Å². The molecular formula is C17H24ClN3O. The van der Waals surface area contributed by atoms with Crippen LogP contribution in [-0.2, 0) is 4.79 Å². The van der Waals surface area contributed by atoms with Gasteiger partial charge in [-0.25, -0.2) is 0 Å². The Bertz CT molecular complexity index is 536. The number of hydrogen-bond acceptors (Lipinski definition) is 3. The third-order valence-electron chi connectivity index (χ3n) is 5.01. The van der Waals surface area contributed by atoms with Crippen molar-refractivity contribution in [3.8, 4) is 0 Å². The Labute approximate surface area is 137 Å². The Morgan fingerprint density at radius 2 is 2.23 bits per heavy atom. The minimum atomic E-state index is 0.116. The van der Waals surface area contributed by atoms with Gasteiger partial charge in [-0.3, -0.25) is 4.79 Å². The number of anilines is 1. The highest BCUT2D eigenvalue weighted by Crippen LogP contribution is 2.31. The molecule has 1 unspecified atom stereocenters. The van der Waals surface area contributed by atoms with E-state index in [1.54, 1.807) is 0 Å². The van der Waals surface area contributed by atoms with E-state index in [0.717, 1.165) is 49.5 Å². The molecule has 1 saturated heterocycles. The molecule has 1 heterocycles. The van der Waals surface area contributed by atoms with Crippen molar-refractivity contribution in [3.63, 3.8) is 0 Å². The number of nitrogens with two attached hydrogens (primary N) is 1. The monoisotopic (exact) mass is 321 g/mol. The average molecular weight is 322 g/mol. The van der Waals surface area contributed by atoms with Crippen LogP contribution in [0.15, 0.2) is 24.3 Å². The van der Waals surface area contributed by atoms with Crippen molar-refractivity contribution in [2.24, 2.45) is 17.6 Å². The summed E-state index contributed by atoms with van der Waals surface area (Å²) in [6.07, 6.45) is 4.18. The predicted molar refractivity (Wildman–Crippen MR) is 90.1 cm³/mol. The number of benzene rings is 1. The van der Waals surface area contributed by atoms with Crippen molar-refractivity contribution in [3.05, 3.63) is 29.3 Å². The van der Waals surface area contributed by atoms with Crippen molar-refractivity contribution in [2.75, 3.05) is 24.5 Å². The van der Waals surface area contributed by atoms with E-state index in [1.165, 1.54) is 0 Å². The molecule has 4 nitrogen and oxygen atoms in total. The maximum absolute atomic E-state index is 12.5. The molecule has 1 amide bonds. The smallest absolute Gasteiger partial charge is 0.223 e. The second kappa shape index (κ2) is 6.88. The molecule has 120 valence electrons. The van der Waals surface area contributed by atoms with E-state index in [9.17, 15) is 4.79 Å². The zero-order chi connectivity index (χ0) is 15.5. The molecule has 3 N–H and O–H groups in total. The number of carbonyl (C=O) groups excluding carboxylic acids is 1. The number of carbonyl (C=O) groups is 1. The summed E-state index contributed by atoms with van der Waals surface area (Å²) in [5.74, 6) is 0.682. The molecule has 1 aromatic carbocycles. The molecule has 2 aliphatic rings. The fraction of sp³-hybridized carbons (Fsp3) is 0.588. The third-order valence-corrected chi connectivity index (χ3v) is 5.24. The van der Waals surface area contributed by atoms with Gasteiger partial charge in [-0.2, -0.15) is 0 Å². The summed E-state index contributed by atoms with van der Waals surface area (Å²) in [5.41, 5.74) is 6.91. The van der Waals surface area contributed by atoms with Gasteiger partial charge < -0.3 is 16.0 Å². The van der Waals surface area contributed by atoms with Crippen LogP contribution < -0.4 is 16.0 Å². The van der Waals surface area contributed by atoms with Crippen molar-refractivity contribution in [2.45, 2.75) is 31.7 Å². The molecule has 5 heteroatoms. The standard InChI is InChI=1S/C17H24ClN3O/c18-13-4-2-5-15(9-13)21-8-7-14(11-21)20-17(22)16-6-1-3-12(16)10-19/h2,4-5,9,12,14,16H,1,3,6-8,10-11,19H2,(H,20,22)/t12-,14?,16-/m1/s1. The summed E-state index contributed by atoms with van der Waals surface area (Å²) in [4.78, 5) is 14.7. The van der Waals surface area contributed by atoms with Crippen molar-refractivity contribution in [1.82, 2.24) is 5.32 Å². The Morgan fingerprint density at radius 1 is 1.36 bits per heavy atom. The van der Waals surface area contributed by atoms with Gasteiger partial charge in [-0.05, 0) is 49.9 Å². The lowest BCUT2D eigenvalue weighted by Crippen LogP contribution is -2.42. The predicted octanol–water partition coefficient (Wildman–Crippen LogP) is 2.41. The molecule has 1 saturated carbocycles. The average Bonchev–Trinajstić information content (AvgIpc) is 3.15. The zero-order valence-electron chi connectivity index (χ0n) is 12.8. The number of halogens is 1. The molecular weight excluding hydrogens is 298 g/mol. The quantitative estimate of drug-likeness (QED) is 0.895. The van der Waals surface area contributed by atoms with Gasteiger partial charge in [0.15, 0.2) is 0 Å². The number of amides is 1. The molecule has 22 heavy (non-hydrogen) atoms. The molecule has 0 aromatic heterocycles. The van der Waals surface area contributed by atoms with Crippen molar-refractivity contribution >= 4 is 23.2 Å². The molecule has 1 aliphatic carbocycles. The lowest BCUT2D eigenvalue weighted by molar-refractivity contribution is -0.126. The summed E-state index contributed by atoms with van der Waals surface area (Å²) in [7, 11) is 0. The first-order chi connectivity index (χ1) is 10.7. The van der Waals surface area contributed by atoms with E-state index >= 15 is 0 Å². The molecule has 1 aromatic rings. The largest absolute Gasteiger partial charge is 0.369 e. The summed E-state index contributed by atoms with van der Waals surface area (Å²) in [5, 5.41) is 3.98. The maximum atomic E-state index is 12.5. The van der Waals surface area contributed by atoms with Gasteiger partial charge in [-0.1, -0.05) is 24.1 Å². The minimum absolute atomic E-state index is 0.116. The van der Waals surface area contributed by atoms with Crippen LogP contribution in [0.1, 0.15) is 25.7 Å². The summed E-state index contributed by atoms with van der Waals surface area (Å²) in [6, 6.07) is 8.12. The van der Waals surface area contributed by atoms with Gasteiger partial charge in [0, 0.05) is 35.8 Å². The lowest BCUT2D eigenvalue weighted by Gasteiger charge is -2.22. The van der Waals surface area contributed by atoms with Gasteiger partial charge in [-0.15, -0.1) is 0 Å². The summed E-state index contributed by atoms with van der Waals surface area (Å²) in [6.45, 7) is 2.43. The first kappa shape index (κ1) is 15.6. The van der Waals surface area contributed by atoms with E-state index in [4.69, 9.17) is 17.3 Å². The van der Waals surface area contributed by atoms with Crippen LogP contribution in [0.3, 0.4) is 0 Å². The van der Waals surface area contributed by atoms with E-state index in [0.29, 0.717) is 12.5 Å². The van der Waals surface area contributed by atoms with Crippen molar-refractivity contribution in [1.29, 1.82) is 0 Å². The van der Waals surface area contributed by atoms with E-state index in [2.05, 4.69) is 16.3 Å². The Balaban J connectivity index is 1.56. The highest BCUT2D eigenvalue weighted by atomic mass is 35.5. The number of nitrogens with one attached hydrogen (secondary N) is 1. The first-order valence-corrected chi connectivity index (χ1v) is 8.56. The van der Waals surface area contributed by atoms with E-state index in [1.807, 2.05) is 18.2 Å². The molecule has 3 atom stereocenters. The van der Waals surface area contributed by atoms with Gasteiger partial charge >= 0.3 is 0 Å².